The maximum Gasteiger partial charge on any atom is 1.00 e. The summed E-state index contributed by atoms with van der Waals surface area (Å²) in [5.74, 6) is -8.69. The van der Waals surface area contributed by atoms with Crippen LogP contribution in [0.2, 0.25) is 0 Å². The van der Waals surface area contributed by atoms with Gasteiger partial charge in [-0.3, -0.25) is 0 Å². The first kappa shape index (κ1) is 33.1. The maximum absolute atomic E-state index is 10.5. The fourth-order valence-corrected chi connectivity index (χ4v) is 1.00. The van der Waals surface area contributed by atoms with Gasteiger partial charge in [-0.15, -0.1) is 0 Å². The van der Waals surface area contributed by atoms with Crippen LogP contribution in [-0.4, -0.2) is 33.8 Å². The fraction of sp³-hybridized carbons (Fsp3) is 0. The van der Waals surface area contributed by atoms with Gasteiger partial charge in [0.25, 0.3) is 0 Å². The first-order chi connectivity index (χ1) is 8.25. The monoisotopic (exact) mass is 408 g/mol. The Labute approximate surface area is 293 Å². The minimum atomic E-state index is -2.17. The summed E-state index contributed by atoms with van der Waals surface area (Å²) >= 11 is 0. The van der Waals surface area contributed by atoms with Crippen molar-refractivity contribution < 1.29 is 245 Å². The van der Waals surface area contributed by atoms with E-state index in [-0.39, 0.29) is 206 Å². The molecule has 0 aliphatic heterocycles. The zero-order valence-electron chi connectivity index (χ0n) is 12.2. The summed E-state index contributed by atoms with van der Waals surface area (Å²) in [6.07, 6.45) is 0. The molecule has 0 spiro atoms. The summed E-state index contributed by atoms with van der Waals surface area (Å²) in [6.45, 7) is 0. The molecule has 0 saturated carbocycles. The van der Waals surface area contributed by atoms with Gasteiger partial charge in [-0.1, -0.05) is 0 Å². The van der Waals surface area contributed by atoms with Gasteiger partial charge in [-0.25, -0.2) is 9.97 Å². The van der Waals surface area contributed by atoms with Crippen molar-refractivity contribution in [3.63, 3.8) is 0 Å². The van der Waals surface area contributed by atoms with Gasteiger partial charge in [0.05, 0.1) is 23.9 Å². The largest absolute Gasteiger partial charge is 1.00 e. The van der Waals surface area contributed by atoms with Crippen LogP contribution in [0.3, 0.4) is 0 Å². The normalized spacial score (nSPS) is 8.00. The second-order valence-electron chi connectivity index (χ2n) is 2.77. The van der Waals surface area contributed by atoms with Gasteiger partial charge in [0.2, 0.25) is 0 Å². The molecule has 0 radical (unpaired) electrons. The van der Waals surface area contributed by atoms with Gasteiger partial charge in [0.15, 0.2) is 0 Å². The van der Waals surface area contributed by atoms with Crippen molar-refractivity contribution in [2.24, 2.45) is 0 Å². The second-order valence-corrected chi connectivity index (χ2v) is 2.77. The third-order valence-electron chi connectivity index (χ3n) is 1.67. The smallest absolute Gasteiger partial charge is 0.543 e. The zero-order valence-corrected chi connectivity index (χ0v) is 24.7. The quantitative estimate of drug-likeness (QED) is 0.433. The third kappa shape index (κ3) is 9.44. The van der Waals surface area contributed by atoms with Gasteiger partial charge in [0, 0.05) is 0 Å². The number of aromatic nitrogens is 2. The van der Waals surface area contributed by atoms with E-state index in [9.17, 15) is 39.6 Å². The molecule has 0 saturated heterocycles. The molecule has 14 heteroatoms. The van der Waals surface area contributed by atoms with E-state index in [1.54, 1.807) is 0 Å². The average molecular weight is 408 g/mol. The predicted octanol–water partition coefficient (Wildman–Crippen LogP) is -18.1. The van der Waals surface area contributed by atoms with E-state index in [1.165, 1.54) is 0 Å². The first-order valence-electron chi connectivity index (χ1n) is 4.03. The molecule has 0 fully saturated rings. The summed E-state index contributed by atoms with van der Waals surface area (Å²) in [4.78, 5) is 47.6. The number of aromatic carboxylic acids is 4. The van der Waals surface area contributed by atoms with Crippen LogP contribution < -0.4 is 226 Å². The van der Waals surface area contributed by atoms with Gasteiger partial charge in [0.1, 0.15) is 22.8 Å². The van der Waals surface area contributed by atoms with E-state index in [0.717, 1.165) is 0 Å². The van der Waals surface area contributed by atoms with Crippen molar-refractivity contribution >= 4 is 23.9 Å². The van der Waals surface area contributed by atoms with E-state index < -0.39 is 46.7 Å². The van der Waals surface area contributed by atoms with E-state index >= 15 is 0 Å². The van der Waals surface area contributed by atoms with Gasteiger partial charge in [-0.05, 0) is 0 Å². The summed E-state index contributed by atoms with van der Waals surface area (Å²) in [5, 5.41) is 42.0. The molecular formula is C8K4N2O8. The molecule has 0 bridgehead atoms. The van der Waals surface area contributed by atoms with Crippen LogP contribution in [0.15, 0.2) is 0 Å². The Morgan fingerprint density at radius 2 is 0.636 bits per heavy atom. The van der Waals surface area contributed by atoms with Crippen LogP contribution in [0.5, 0.6) is 0 Å². The summed E-state index contributed by atoms with van der Waals surface area (Å²) < 4.78 is 0. The van der Waals surface area contributed by atoms with Crippen molar-refractivity contribution in [3.8, 4) is 0 Å². The number of hydrogen-bond acceptors (Lipinski definition) is 10. The molecule has 1 rings (SSSR count). The van der Waals surface area contributed by atoms with Crippen LogP contribution in [-0.2, 0) is 0 Å². The number of carbonyl (C=O) groups is 4. The van der Waals surface area contributed by atoms with Crippen molar-refractivity contribution in [3.05, 3.63) is 22.8 Å². The van der Waals surface area contributed by atoms with Crippen LogP contribution in [0.1, 0.15) is 42.0 Å². The molecule has 1 aromatic heterocycles. The van der Waals surface area contributed by atoms with Crippen LogP contribution in [0, 0.1) is 0 Å². The molecule has 0 aliphatic rings. The predicted molar refractivity (Wildman–Crippen MR) is 39.4 cm³/mol. The topological polar surface area (TPSA) is 186 Å². The third-order valence-corrected chi connectivity index (χ3v) is 1.67. The summed E-state index contributed by atoms with van der Waals surface area (Å²) in [5.41, 5.74) is -5.56. The van der Waals surface area contributed by atoms with E-state index in [0.29, 0.717) is 0 Å². The Morgan fingerprint density at radius 1 is 0.500 bits per heavy atom. The maximum atomic E-state index is 10.5. The number of hydrogen-bond donors (Lipinski definition) is 0. The molecule has 0 atom stereocenters. The Balaban J connectivity index is -0.000000405. The number of carbonyl (C=O) groups excluding carboxylic acids is 4. The molecule has 0 amide bonds. The Morgan fingerprint density at radius 3 is 0.727 bits per heavy atom. The van der Waals surface area contributed by atoms with E-state index in [2.05, 4.69) is 9.97 Å². The molecule has 0 N–H and O–H groups in total. The number of carboxylic acids is 4. The molecule has 1 heterocycles. The van der Waals surface area contributed by atoms with Crippen LogP contribution in [0.25, 0.3) is 0 Å². The molecule has 0 aromatic carbocycles. The molecule has 0 unspecified atom stereocenters. The van der Waals surface area contributed by atoms with Crippen molar-refractivity contribution in [2.45, 2.75) is 0 Å². The van der Waals surface area contributed by atoms with Crippen LogP contribution in [0.4, 0.5) is 0 Å². The number of carboxylic acid groups (broad SMARTS) is 4. The van der Waals surface area contributed by atoms with Crippen LogP contribution >= 0.6 is 0 Å². The average Bonchev–Trinajstić information content (AvgIpc) is 2.26. The standard InChI is InChI=1S/C8H4N2O8.4K/c11-5(12)1-2(6(13)14)10-4(8(17)18)3(9-1)7(15)16;;;;/h(H,11,12)(H,13,14)(H,15,16)(H,17,18);;;;/q;4*+1/p-4. The number of nitrogens with zero attached hydrogens (tertiary/aromatic N) is 2. The first-order valence-corrected chi connectivity index (χ1v) is 4.03. The Kier molecular flexibility index (Phi) is 23.4. The van der Waals surface area contributed by atoms with E-state index in [4.69, 9.17) is 0 Å². The van der Waals surface area contributed by atoms with Gasteiger partial charge >= 0.3 is 206 Å². The van der Waals surface area contributed by atoms with Gasteiger partial charge < -0.3 is 39.6 Å². The van der Waals surface area contributed by atoms with Crippen molar-refractivity contribution in [1.29, 1.82) is 0 Å². The van der Waals surface area contributed by atoms with Gasteiger partial charge in [-0.2, -0.15) is 0 Å². The minimum absolute atomic E-state index is 0. The molecule has 1 aromatic rings. The fourth-order valence-electron chi connectivity index (χ4n) is 1.00. The Bertz CT molecular complexity index is 496. The molecular weight excluding hydrogens is 408 g/mol. The molecule has 22 heavy (non-hydrogen) atoms. The Hall–Kier alpha value is 3.51. The SMILES string of the molecule is O=C([O-])c1nc(C(=O)[O-])c(C(=O)[O-])nc1C(=O)[O-].[K+].[K+].[K+].[K+]. The minimum Gasteiger partial charge on any atom is -0.543 e. The molecule has 0 aliphatic carbocycles. The summed E-state index contributed by atoms with van der Waals surface area (Å²) in [7, 11) is 0. The zero-order chi connectivity index (χ0) is 14.0. The second kappa shape index (κ2) is 15.6. The van der Waals surface area contributed by atoms with E-state index in [1.807, 2.05) is 0 Å². The molecule has 94 valence electrons. The van der Waals surface area contributed by atoms with Crippen molar-refractivity contribution in [2.75, 3.05) is 0 Å². The molecule has 10 nitrogen and oxygen atoms in total. The number of rotatable bonds is 4. The summed E-state index contributed by atoms with van der Waals surface area (Å²) in [6, 6.07) is 0. The van der Waals surface area contributed by atoms with Crippen molar-refractivity contribution in [1.82, 2.24) is 9.97 Å².